The van der Waals surface area contributed by atoms with Gasteiger partial charge in [-0.1, -0.05) is 0 Å². The molecule has 2 bridgehead atoms. The van der Waals surface area contributed by atoms with E-state index >= 15 is 0 Å². The van der Waals surface area contributed by atoms with E-state index in [1.54, 1.807) is 11.0 Å². The van der Waals surface area contributed by atoms with Crippen LogP contribution in [0, 0.1) is 0 Å². The predicted molar refractivity (Wildman–Crippen MR) is 117 cm³/mol. The Labute approximate surface area is 191 Å². The average molecular weight is 457 g/mol. The molecule has 1 spiro atoms. The largest absolute Gasteiger partial charge is 0.456 e. The van der Waals surface area contributed by atoms with E-state index in [1.807, 2.05) is 6.07 Å². The van der Waals surface area contributed by atoms with Gasteiger partial charge in [0.05, 0.1) is 18.0 Å². The number of piperidine rings is 1. The van der Waals surface area contributed by atoms with Gasteiger partial charge >= 0.3 is 5.97 Å². The van der Waals surface area contributed by atoms with E-state index in [2.05, 4.69) is 20.2 Å². The highest BCUT2D eigenvalue weighted by atomic mass is 16.5. The van der Waals surface area contributed by atoms with Crippen LogP contribution in [0.3, 0.4) is 0 Å². The van der Waals surface area contributed by atoms with Crippen molar-refractivity contribution >= 4 is 24.0 Å². The molecule has 1 aromatic rings. The molecule has 2 atom stereocenters. The molecule has 12 heteroatoms. The van der Waals surface area contributed by atoms with Gasteiger partial charge in [-0.15, -0.1) is 5.10 Å². The van der Waals surface area contributed by atoms with Crippen LogP contribution in [-0.4, -0.2) is 82.2 Å². The standard InChI is InChI=1S/C21H28N8O4/c22-24-13-29(23)18-4-1-14(25-26-18)5-6-27-15-2-3-16(27)11-21(10-15)20(31)28(7-8-33-21)17-9-19(30)32-12-17/h1,4,9,13,15-16H,2-3,5-8,10-12,22-23H2/b24-13-. The van der Waals surface area contributed by atoms with Crippen molar-refractivity contribution < 1.29 is 19.1 Å². The third kappa shape index (κ3) is 4.05. The van der Waals surface area contributed by atoms with Crippen LogP contribution in [0.2, 0.25) is 0 Å². The predicted octanol–water partition coefficient (Wildman–Crippen LogP) is -0.734. The number of hydrogen-bond donors (Lipinski definition) is 2. The fourth-order valence-electron chi connectivity index (χ4n) is 5.49. The van der Waals surface area contributed by atoms with Crippen LogP contribution in [0.25, 0.3) is 0 Å². The highest BCUT2D eigenvalue weighted by Crippen LogP contribution is 2.45. The van der Waals surface area contributed by atoms with Crippen molar-refractivity contribution in [3.05, 3.63) is 29.6 Å². The van der Waals surface area contributed by atoms with Crippen LogP contribution in [0.1, 0.15) is 31.4 Å². The van der Waals surface area contributed by atoms with E-state index in [-0.39, 0.29) is 24.6 Å². The maximum atomic E-state index is 13.5. The molecule has 4 N–H and O–H groups in total. The number of cyclic esters (lactones) is 1. The highest BCUT2D eigenvalue weighted by Gasteiger charge is 2.56. The molecule has 12 nitrogen and oxygen atoms in total. The lowest BCUT2D eigenvalue weighted by atomic mass is 9.83. The van der Waals surface area contributed by atoms with E-state index in [1.165, 1.54) is 17.4 Å². The third-order valence-corrected chi connectivity index (χ3v) is 7.01. The van der Waals surface area contributed by atoms with Crippen LogP contribution < -0.4 is 16.7 Å². The van der Waals surface area contributed by atoms with Gasteiger partial charge in [0.1, 0.15) is 18.5 Å². The number of rotatable bonds is 6. The van der Waals surface area contributed by atoms with Crippen LogP contribution in [0.5, 0.6) is 0 Å². The fourth-order valence-corrected chi connectivity index (χ4v) is 5.49. The number of carbonyl (C=O) groups is 2. The van der Waals surface area contributed by atoms with Gasteiger partial charge < -0.3 is 20.2 Å². The maximum Gasteiger partial charge on any atom is 0.333 e. The second-order valence-corrected chi connectivity index (χ2v) is 8.88. The van der Waals surface area contributed by atoms with Crippen LogP contribution in [0.15, 0.2) is 29.0 Å². The number of nitrogens with zero attached hydrogens (tertiary/aromatic N) is 6. The zero-order valence-corrected chi connectivity index (χ0v) is 18.3. The zero-order valence-electron chi connectivity index (χ0n) is 18.3. The van der Waals surface area contributed by atoms with Crippen LogP contribution >= 0.6 is 0 Å². The van der Waals surface area contributed by atoms with E-state index in [4.69, 9.17) is 21.2 Å². The zero-order chi connectivity index (χ0) is 23.0. The van der Waals surface area contributed by atoms with Crippen molar-refractivity contribution in [2.24, 2.45) is 16.8 Å². The topological polar surface area (TPSA) is 152 Å². The lowest BCUT2D eigenvalue weighted by Gasteiger charge is -2.49. The number of nitrogens with two attached hydrogens (primary N) is 2. The summed E-state index contributed by atoms with van der Waals surface area (Å²) < 4.78 is 11.2. The first-order valence-corrected chi connectivity index (χ1v) is 11.2. The van der Waals surface area contributed by atoms with Crippen molar-refractivity contribution in [2.75, 3.05) is 31.3 Å². The van der Waals surface area contributed by atoms with Crippen molar-refractivity contribution in [1.82, 2.24) is 20.0 Å². The van der Waals surface area contributed by atoms with Gasteiger partial charge in [0.25, 0.3) is 5.91 Å². The van der Waals surface area contributed by atoms with Crippen molar-refractivity contribution in [2.45, 2.75) is 49.8 Å². The van der Waals surface area contributed by atoms with Gasteiger partial charge in [-0.3, -0.25) is 9.69 Å². The minimum atomic E-state index is -0.816. The monoisotopic (exact) mass is 456 g/mol. The summed E-state index contributed by atoms with van der Waals surface area (Å²) in [4.78, 5) is 29.1. The van der Waals surface area contributed by atoms with Crippen LogP contribution in [0.4, 0.5) is 5.82 Å². The van der Waals surface area contributed by atoms with Gasteiger partial charge in [0, 0.05) is 50.5 Å². The number of carbonyl (C=O) groups excluding carboxylic acids is 2. The molecule has 0 aliphatic carbocycles. The highest BCUT2D eigenvalue weighted by molar-refractivity contribution is 5.91. The smallest absolute Gasteiger partial charge is 0.333 e. The van der Waals surface area contributed by atoms with Gasteiger partial charge in [-0.2, -0.15) is 10.2 Å². The Hall–Kier alpha value is -3.09. The summed E-state index contributed by atoms with van der Waals surface area (Å²) >= 11 is 0. The molecule has 3 fully saturated rings. The normalized spacial score (nSPS) is 29.7. The summed E-state index contributed by atoms with van der Waals surface area (Å²) in [6, 6.07) is 4.22. The molecule has 0 aromatic carbocycles. The summed E-state index contributed by atoms with van der Waals surface area (Å²) in [6.07, 6.45) is 6.82. The van der Waals surface area contributed by atoms with Crippen LogP contribution in [-0.2, 0) is 25.5 Å². The molecule has 5 heterocycles. The second-order valence-electron chi connectivity index (χ2n) is 8.88. The molecule has 176 valence electrons. The summed E-state index contributed by atoms with van der Waals surface area (Å²) in [5.74, 6) is 10.9. The Morgan fingerprint density at radius 1 is 1.24 bits per heavy atom. The lowest BCUT2D eigenvalue weighted by Crippen LogP contribution is -2.63. The van der Waals surface area contributed by atoms with E-state index in [0.717, 1.165) is 31.5 Å². The Morgan fingerprint density at radius 3 is 2.67 bits per heavy atom. The van der Waals surface area contributed by atoms with Gasteiger partial charge in [-0.25, -0.2) is 15.6 Å². The molecule has 4 aliphatic heterocycles. The van der Waals surface area contributed by atoms with Crippen molar-refractivity contribution in [3.63, 3.8) is 0 Å². The summed E-state index contributed by atoms with van der Waals surface area (Å²) in [5, 5.41) is 13.0. The fraction of sp³-hybridized carbons (Fsp3) is 0.571. The number of anilines is 1. The van der Waals surface area contributed by atoms with E-state index in [9.17, 15) is 9.59 Å². The minimum absolute atomic E-state index is 0.0383. The number of morpholine rings is 1. The molecule has 0 saturated carbocycles. The quantitative estimate of drug-likeness (QED) is 0.184. The number of amides is 1. The molecule has 1 aromatic heterocycles. The number of ether oxygens (including phenoxy) is 2. The maximum absolute atomic E-state index is 13.5. The number of hydrogen-bond acceptors (Lipinski definition) is 10. The summed E-state index contributed by atoms with van der Waals surface area (Å²) in [6.45, 7) is 1.90. The molecule has 2 unspecified atom stereocenters. The average Bonchev–Trinajstić information content (AvgIpc) is 3.35. The molecular formula is C21H28N8O4. The molecule has 33 heavy (non-hydrogen) atoms. The summed E-state index contributed by atoms with van der Waals surface area (Å²) in [7, 11) is 0. The molecular weight excluding hydrogens is 428 g/mol. The van der Waals surface area contributed by atoms with Crippen molar-refractivity contribution in [3.8, 4) is 0 Å². The summed E-state index contributed by atoms with van der Waals surface area (Å²) in [5.41, 5.74) is 0.688. The minimum Gasteiger partial charge on any atom is -0.456 e. The molecule has 5 rings (SSSR count). The van der Waals surface area contributed by atoms with Gasteiger partial charge in [-0.05, 0) is 25.0 Å². The molecule has 0 radical (unpaired) electrons. The number of hydrazine groups is 1. The first-order chi connectivity index (χ1) is 16.0. The SMILES string of the molecule is N/N=C\N(N)c1ccc(CCN2C3CCC2CC2(C3)OCCN(C3=CC(=O)OC3)C2=O)nn1. The number of esters is 1. The van der Waals surface area contributed by atoms with Crippen molar-refractivity contribution in [1.29, 1.82) is 0 Å². The Kier molecular flexibility index (Phi) is 5.72. The third-order valence-electron chi connectivity index (χ3n) is 7.01. The van der Waals surface area contributed by atoms with E-state index < -0.39 is 11.6 Å². The lowest BCUT2D eigenvalue weighted by molar-refractivity contribution is -0.181. The van der Waals surface area contributed by atoms with E-state index in [0.29, 0.717) is 37.5 Å². The molecule has 4 aliphatic rings. The first kappa shape index (κ1) is 21.7. The molecule has 1 amide bonds. The number of aromatic nitrogens is 2. The first-order valence-electron chi connectivity index (χ1n) is 11.2. The van der Waals surface area contributed by atoms with Gasteiger partial charge in [0.2, 0.25) is 0 Å². The Morgan fingerprint density at radius 2 is 2.03 bits per heavy atom. The Balaban J connectivity index is 1.23. The Bertz CT molecular complexity index is 967. The number of fused-ring (bicyclic) bond motifs is 2. The number of hydrazone groups is 1. The molecule has 3 saturated heterocycles. The van der Waals surface area contributed by atoms with Gasteiger partial charge in [0.15, 0.2) is 5.82 Å². The second kappa shape index (κ2) is 8.69.